The number of nitrogens with two attached hydrogens (primary N) is 1. The van der Waals surface area contributed by atoms with Crippen LogP contribution in [0.25, 0.3) is 0 Å². The highest BCUT2D eigenvalue weighted by Crippen LogP contribution is 2.08. The first kappa shape index (κ1) is 17.8. The average molecular weight is 294 g/mol. The average Bonchev–Trinajstić information content (AvgIpc) is 2.17. The van der Waals surface area contributed by atoms with Gasteiger partial charge in [0, 0.05) is 13.0 Å². The Morgan fingerprint density at radius 2 is 1.79 bits per heavy atom. The second-order valence-corrected chi connectivity index (χ2v) is 6.89. The highest BCUT2D eigenvalue weighted by molar-refractivity contribution is 7.89. The number of esters is 1. The highest BCUT2D eigenvalue weighted by atomic mass is 32.2. The summed E-state index contributed by atoms with van der Waals surface area (Å²) in [7, 11) is -3.49. The van der Waals surface area contributed by atoms with Crippen molar-refractivity contribution in [3.05, 3.63) is 0 Å². The zero-order valence-electron chi connectivity index (χ0n) is 11.6. The molecule has 0 atom stereocenters. The lowest BCUT2D eigenvalue weighted by atomic mass is 10.2. The lowest BCUT2D eigenvalue weighted by Gasteiger charge is -2.19. The maximum Gasteiger partial charge on any atom is 0.306 e. The van der Waals surface area contributed by atoms with Crippen molar-refractivity contribution >= 4 is 21.9 Å². The van der Waals surface area contributed by atoms with E-state index in [2.05, 4.69) is 5.32 Å². The Kier molecular flexibility index (Phi) is 6.99. The molecule has 0 spiro atoms. The molecule has 0 aromatic rings. The molecule has 112 valence electrons. The van der Waals surface area contributed by atoms with E-state index in [1.54, 1.807) is 20.8 Å². The quantitative estimate of drug-likeness (QED) is 0.502. The van der Waals surface area contributed by atoms with Gasteiger partial charge in [-0.15, -0.1) is 0 Å². The van der Waals surface area contributed by atoms with E-state index in [0.29, 0.717) is 0 Å². The van der Waals surface area contributed by atoms with Crippen LogP contribution in [-0.2, 0) is 24.3 Å². The first-order valence-corrected chi connectivity index (χ1v) is 7.70. The molecule has 0 aliphatic heterocycles. The zero-order valence-corrected chi connectivity index (χ0v) is 12.4. The van der Waals surface area contributed by atoms with E-state index in [1.165, 1.54) is 0 Å². The van der Waals surface area contributed by atoms with Crippen LogP contribution in [0, 0.1) is 0 Å². The van der Waals surface area contributed by atoms with E-state index in [0.717, 1.165) is 0 Å². The molecule has 1 amide bonds. The monoisotopic (exact) mass is 294 g/mol. The normalized spacial score (nSPS) is 12.0. The predicted octanol–water partition coefficient (Wildman–Crippen LogP) is -0.0969. The number of nitrogens with one attached hydrogen (secondary N) is 1. The molecule has 0 saturated carbocycles. The zero-order chi connectivity index (χ0) is 15.1. The van der Waals surface area contributed by atoms with Gasteiger partial charge in [0.05, 0.1) is 12.2 Å². The fraction of sp³-hybridized carbons (Fsp3) is 0.818. The van der Waals surface area contributed by atoms with Crippen molar-refractivity contribution in [3.63, 3.8) is 0 Å². The molecule has 0 fully saturated rings. The molecule has 8 heteroatoms. The maximum absolute atomic E-state index is 11.3. The van der Waals surface area contributed by atoms with Gasteiger partial charge in [-0.1, -0.05) is 0 Å². The van der Waals surface area contributed by atoms with Crippen LogP contribution in [-0.4, -0.2) is 38.2 Å². The fourth-order valence-electron chi connectivity index (χ4n) is 1.20. The minimum Gasteiger partial charge on any atom is -0.460 e. The van der Waals surface area contributed by atoms with E-state index in [-0.39, 0.29) is 37.5 Å². The molecule has 0 heterocycles. The summed E-state index contributed by atoms with van der Waals surface area (Å²) < 4.78 is 26.3. The Morgan fingerprint density at radius 1 is 1.21 bits per heavy atom. The first-order valence-electron chi connectivity index (χ1n) is 5.98. The summed E-state index contributed by atoms with van der Waals surface area (Å²) in [6.07, 6.45) is 0.263. The van der Waals surface area contributed by atoms with Gasteiger partial charge in [-0.2, -0.15) is 0 Å². The number of hydrogen-bond donors (Lipinski definition) is 2. The van der Waals surface area contributed by atoms with E-state index in [1.807, 2.05) is 0 Å². The number of amides is 1. The fourth-order valence-corrected chi connectivity index (χ4v) is 1.74. The molecular formula is C11H22N2O5S. The Balaban J connectivity index is 3.74. The summed E-state index contributed by atoms with van der Waals surface area (Å²) >= 11 is 0. The first-order chi connectivity index (χ1) is 8.49. The Hall–Kier alpha value is -1.15. The van der Waals surface area contributed by atoms with E-state index in [9.17, 15) is 18.0 Å². The minimum absolute atomic E-state index is 0.00170. The minimum atomic E-state index is -3.49. The van der Waals surface area contributed by atoms with Crippen LogP contribution < -0.4 is 10.5 Å². The Labute approximate surface area is 113 Å². The number of rotatable bonds is 7. The second-order valence-electron chi connectivity index (χ2n) is 5.16. The van der Waals surface area contributed by atoms with Gasteiger partial charge in [0.1, 0.15) is 5.60 Å². The number of carbonyl (C=O) groups excluding carboxylic acids is 2. The largest absolute Gasteiger partial charge is 0.460 e. The van der Waals surface area contributed by atoms with Gasteiger partial charge in [0.2, 0.25) is 15.9 Å². The highest BCUT2D eigenvalue weighted by Gasteiger charge is 2.16. The van der Waals surface area contributed by atoms with Crippen LogP contribution in [0.2, 0.25) is 0 Å². The molecular weight excluding hydrogens is 272 g/mol. The molecule has 0 rings (SSSR count). The van der Waals surface area contributed by atoms with E-state index >= 15 is 0 Å². The molecule has 0 aromatic heterocycles. The van der Waals surface area contributed by atoms with Crippen LogP contribution in [0.1, 0.15) is 40.0 Å². The maximum atomic E-state index is 11.3. The lowest BCUT2D eigenvalue weighted by Crippen LogP contribution is -2.29. The van der Waals surface area contributed by atoms with Crippen molar-refractivity contribution in [1.29, 1.82) is 0 Å². The SMILES string of the molecule is CC(C)(C)OC(=O)CCC(=O)NCCCS(N)(=O)=O. The predicted molar refractivity (Wildman–Crippen MR) is 70.7 cm³/mol. The van der Waals surface area contributed by atoms with Crippen molar-refractivity contribution in [2.75, 3.05) is 12.3 Å². The summed E-state index contributed by atoms with van der Waals surface area (Å²) in [5.41, 5.74) is -0.566. The van der Waals surface area contributed by atoms with Crippen LogP contribution in [0.4, 0.5) is 0 Å². The number of carbonyl (C=O) groups is 2. The van der Waals surface area contributed by atoms with Gasteiger partial charge >= 0.3 is 5.97 Å². The van der Waals surface area contributed by atoms with Crippen LogP contribution in [0.5, 0.6) is 0 Å². The molecule has 0 aliphatic rings. The molecule has 0 radical (unpaired) electrons. The Morgan fingerprint density at radius 3 is 2.26 bits per heavy atom. The molecule has 0 saturated heterocycles. The molecule has 0 unspecified atom stereocenters. The molecule has 7 nitrogen and oxygen atoms in total. The topological polar surface area (TPSA) is 116 Å². The van der Waals surface area contributed by atoms with E-state index in [4.69, 9.17) is 9.88 Å². The van der Waals surface area contributed by atoms with Crippen LogP contribution in [0.3, 0.4) is 0 Å². The molecule has 19 heavy (non-hydrogen) atoms. The Bertz CT molecular complexity index is 411. The van der Waals surface area contributed by atoms with E-state index < -0.39 is 21.6 Å². The van der Waals surface area contributed by atoms with Gasteiger partial charge in [0.15, 0.2) is 0 Å². The van der Waals surface area contributed by atoms with Gasteiger partial charge in [-0.05, 0) is 27.2 Å². The van der Waals surface area contributed by atoms with Crippen molar-refractivity contribution in [2.45, 2.75) is 45.6 Å². The third kappa shape index (κ3) is 13.1. The smallest absolute Gasteiger partial charge is 0.306 e. The van der Waals surface area contributed by atoms with Crippen molar-refractivity contribution in [2.24, 2.45) is 5.14 Å². The van der Waals surface area contributed by atoms with Crippen molar-refractivity contribution in [3.8, 4) is 0 Å². The number of primary sulfonamides is 1. The molecule has 0 aliphatic carbocycles. The summed E-state index contributed by atoms with van der Waals surface area (Å²) in [5.74, 6) is -0.938. The van der Waals surface area contributed by atoms with Gasteiger partial charge in [0.25, 0.3) is 0 Å². The summed E-state index contributed by atoms with van der Waals surface area (Å²) in [5, 5.41) is 7.31. The van der Waals surface area contributed by atoms with Gasteiger partial charge in [-0.3, -0.25) is 9.59 Å². The van der Waals surface area contributed by atoms with Gasteiger partial charge in [-0.25, -0.2) is 13.6 Å². The number of ether oxygens (including phenoxy) is 1. The van der Waals surface area contributed by atoms with Crippen LogP contribution in [0.15, 0.2) is 0 Å². The summed E-state index contributed by atoms with van der Waals surface area (Å²) in [6, 6.07) is 0. The summed E-state index contributed by atoms with van der Waals surface area (Å²) in [4.78, 5) is 22.7. The number of sulfonamides is 1. The second kappa shape index (κ2) is 7.44. The lowest BCUT2D eigenvalue weighted by molar-refractivity contribution is -0.155. The molecule has 0 aromatic carbocycles. The number of hydrogen-bond acceptors (Lipinski definition) is 5. The third-order valence-corrected chi connectivity index (χ3v) is 2.76. The molecule has 3 N–H and O–H groups in total. The molecule has 0 bridgehead atoms. The van der Waals surface area contributed by atoms with Crippen molar-refractivity contribution < 1.29 is 22.7 Å². The summed E-state index contributed by atoms with van der Waals surface area (Å²) in [6.45, 7) is 5.46. The van der Waals surface area contributed by atoms with Gasteiger partial charge < -0.3 is 10.1 Å². The van der Waals surface area contributed by atoms with Crippen LogP contribution >= 0.6 is 0 Å². The standard InChI is InChI=1S/C11H22N2O5S/c1-11(2,3)18-10(15)6-5-9(14)13-7-4-8-19(12,16)17/h4-8H2,1-3H3,(H,13,14)(H2,12,16,17). The van der Waals surface area contributed by atoms with Crippen molar-refractivity contribution in [1.82, 2.24) is 5.32 Å². The third-order valence-electron chi connectivity index (χ3n) is 1.90.